The molecule has 0 heterocycles. The Hall–Kier alpha value is -0.730. The van der Waals surface area contributed by atoms with E-state index in [0.29, 0.717) is 12.5 Å². The van der Waals surface area contributed by atoms with E-state index in [2.05, 4.69) is 11.7 Å². The maximum absolute atomic E-state index is 10.7. The van der Waals surface area contributed by atoms with Crippen LogP contribution in [-0.2, 0) is 9.47 Å². The molecule has 0 amide bonds. The van der Waals surface area contributed by atoms with E-state index in [9.17, 15) is 4.79 Å². The first-order valence-electron chi connectivity index (χ1n) is 3.69. The summed E-state index contributed by atoms with van der Waals surface area (Å²) in [6.45, 7) is 9.47. The van der Waals surface area contributed by atoms with Crippen LogP contribution in [0.5, 0.6) is 0 Å². The molecule has 0 aromatic rings. The van der Waals surface area contributed by atoms with Gasteiger partial charge in [-0.15, -0.1) is 0 Å². The van der Waals surface area contributed by atoms with Crippen LogP contribution in [0, 0.1) is 12.8 Å². The summed E-state index contributed by atoms with van der Waals surface area (Å²) in [7, 11) is 0. The predicted octanol–water partition coefficient (Wildman–Crippen LogP) is 2.02. The molecular weight excluding hydrogens is 144 g/mol. The van der Waals surface area contributed by atoms with E-state index in [4.69, 9.17) is 4.74 Å². The molecule has 0 aliphatic rings. The Morgan fingerprint density at radius 1 is 1.45 bits per heavy atom. The molecule has 1 atom stereocenters. The largest absolute Gasteiger partial charge is 0.508 e. The molecule has 0 saturated heterocycles. The number of carbonyl (C=O) groups excluding carboxylic acids is 1. The van der Waals surface area contributed by atoms with Crippen molar-refractivity contribution in [1.29, 1.82) is 0 Å². The zero-order valence-electron chi connectivity index (χ0n) is 7.29. The lowest BCUT2D eigenvalue weighted by Crippen LogP contribution is -2.15. The van der Waals surface area contributed by atoms with E-state index >= 15 is 0 Å². The maximum Gasteiger partial charge on any atom is 0.508 e. The molecular formula is C8H15O3. The van der Waals surface area contributed by atoms with E-state index in [0.717, 1.165) is 0 Å². The predicted molar refractivity (Wildman–Crippen MR) is 42.1 cm³/mol. The van der Waals surface area contributed by atoms with Crippen LogP contribution in [0.1, 0.15) is 20.8 Å². The van der Waals surface area contributed by atoms with Gasteiger partial charge in [-0.3, -0.25) is 0 Å². The highest BCUT2D eigenvalue weighted by Gasteiger charge is 2.06. The van der Waals surface area contributed by atoms with Crippen LogP contribution in [0.25, 0.3) is 0 Å². The first-order valence-corrected chi connectivity index (χ1v) is 3.69. The van der Waals surface area contributed by atoms with E-state index in [1.165, 1.54) is 0 Å². The minimum absolute atomic E-state index is 0.336. The zero-order chi connectivity index (χ0) is 8.85. The molecule has 3 nitrogen and oxygen atoms in total. The zero-order valence-corrected chi connectivity index (χ0v) is 7.29. The summed E-state index contributed by atoms with van der Waals surface area (Å²) < 4.78 is 9.34. The summed E-state index contributed by atoms with van der Waals surface area (Å²) in [5, 5.41) is 0. The van der Waals surface area contributed by atoms with Gasteiger partial charge in [-0.05, 0) is 19.8 Å². The Kier molecular flexibility index (Phi) is 4.66. The first kappa shape index (κ1) is 10.3. The summed E-state index contributed by atoms with van der Waals surface area (Å²) in [6, 6.07) is 0. The summed E-state index contributed by atoms with van der Waals surface area (Å²) in [5.41, 5.74) is 0. The molecule has 0 spiro atoms. The summed E-state index contributed by atoms with van der Waals surface area (Å²) in [6.07, 6.45) is -0.990. The molecule has 65 valence electrons. The van der Waals surface area contributed by atoms with Crippen molar-refractivity contribution in [3.05, 3.63) is 6.92 Å². The molecule has 0 aliphatic carbocycles. The van der Waals surface area contributed by atoms with Gasteiger partial charge in [0, 0.05) is 0 Å². The standard InChI is InChI=1S/C8H15O3/c1-6(2)5-10-8(9)11-7(3)4/h6-7H,3,5H2,1-2,4H3/t7-/m0/s1. The lowest BCUT2D eigenvalue weighted by molar-refractivity contribution is 0.0344. The number of hydrogen-bond acceptors (Lipinski definition) is 3. The molecule has 0 unspecified atom stereocenters. The fourth-order valence-electron chi connectivity index (χ4n) is 0.433. The monoisotopic (exact) mass is 159 g/mol. The van der Waals surface area contributed by atoms with Crippen molar-refractivity contribution in [2.75, 3.05) is 6.61 Å². The summed E-state index contributed by atoms with van der Waals surface area (Å²) in [4.78, 5) is 10.7. The number of rotatable bonds is 3. The van der Waals surface area contributed by atoms with E-state index in [1.54, 1.807) is 6.92 Å². The third kappa shape index (κ3) is 7.16. The molecule has 0 aromatic carbocycles. The minimum Gasteiger partial charge on any atom is -0.434 e. The Morgan fingerprint density at radius 3 is 2.36 bits per heavy atom. The van der Waals surface area contributed by atoms with E-state index < -0.39 is 6.16 Å². The second-order valence-corrected chi connectivity index (χ2v) is 2.88. The van der Waals surface area contributed by atoms with Crippen LogP contribution in [0.2, 0.25) is 0 Å². The molecule has 0 aromatic heterocycles. The quantitative estimate of drug-likeness (QED) is 0.591. The Balaban J connectivity index is 3.38. The molecule has 3 heteroatoms. The number of carbonyl (C=O) groups is 1. The van der Waals surface area contributed by atoms with Crippen molar-refractivity contribution in [2.24, 2.45) is 5.92 Å². The maximum atomic E-state index is 10.7. The van der Waals surface area contributed by atoms with Crippen LogP contribution in [0.15, 0.2) is 0 Å². The molecule has 0 N–H and O–H groups in total. The molecule has 0 rings (SSSR count). The molecule has 0 aliphatic heterocycles. The van der Waals surface area contributed by atoms with Crippen LogP contribution in [0.4, 0.5) is 4.79 Å². The van der Waals surface area contributed by atoms with Gasteiger partial charge in [0.05, 0.1) is 6.61 Å². The van der Waals surface area contributed by atoms with Gasteiger partial charge in [0.1, 0.15) is 6.10 Å². The van der Waals surface area contributed by atoms with Gasteiger partial charge in [-0.2, -0.15) is 0 Å². The second kappa shape index (κ2) is 4.99. The van der Waals surface area contributed by atoms with E-state index in [1.807, 2.05) is 13.8 Å². The second-order valence-electron chi connectivity index (χ2n) is 2.88. The Bertz CT molecular complexity index is 119. The lowest BCUT2D eigenvalue weighted by Gasteiger charge is -2.09. The molecule has 11 heavy (non-hydrogen) atoms. The van der Waals surface area contributed by atoms with Crippen LogP contribution >= 0.6 is 0 Å². The minimum atomic E-state index is -0.638. The SMILES string of the molecule is [CH2][C@@H](C)OC(=O)OCC(C)C. The van der Waals surface area contributed by atoms with Crippen molar-refractivity contribution in [3.63, 3.8) is 0 Å². The van der Waals surface area contributed by atoms with Crippen molar-refractivity contribution in [2.45, 2.75) is 26.9 Å². The Morgan fingerprint density at radius 2 is 2.00 bits per heavy atom. The van der Waals surface area contributed by atoms with Crippen molar-refractivity contribution in [3.8, 4) is 0 Å². The van der Waals surface area contributed by atoms with Gasteiger partial charge in [-0.1, -0.05) is 13.8 Å². The fraction of sp³-hybridized carbons (Fsp3) is 0.750. The number of hydrogen-bond donors (Lipinski definition) is 0. The number of ether oxygens (including phenoxy) is 2. The van der Waals surface area contributed by atoms with Crippen LogP contribution < -0.4 is 0 Å². The highest BCUT2D eigenvalue weighted by atomic mass is 16.7. The molecule has 0 saturated carbocycles. The topological polar surface area (TPSA) is 35.5 Å². The smallest absolute Gasteiger partial charge is 0.434 e. The van der Waals surface area contributed by atoms with Crippen LogP contribution in [0.3, 0.4) is 0 Å². The van der Waals surface area contributed by atoms with Gasteiger partial charge >= 0.3 is 6.16 Å². The molecule has 0 fully saturated rings. The van der Waals surface area contributed by atoms with Crippen molar-refractivity contribution < 1.29 is 14.3 Å². The molecule has 1 radical (unpaired) electrons. The summed E-state index contributed by atoms with van der Waals surface area (Å²) in [5.74, 6) is 0.336. The van der Waals surface area contributed by atoms with Crippen LogP contribution in [-0.4, -0.2) is 18.9 Å². The highest BCUT2D eigenvalue weighted by Crippen LogP contribution is 1.96. The van der Waals surface area contributed by atoms with Gasteiger partial charge in [0.2, 0.25) is 0 Å². The van der Waals surface area contributed by atoms with Crippen molar-refractivity contribution >= 4 is 6.16 Å². The molecule has 0 bridgehead atoms. The lowest BCUT2D eigenvalue weighted by atomic mass is 10.2. The normalized spacial score (nSPS) is 10.4. The van der Waals surface area contributed by atoms with Gasteiger partial charge in [-0.25, -0.2) is 4.79 Å². The third-order valence-electron chi connectivity index (χ3n) is 0.832. The highest BCUT2D eigenvalue weighted by molar-refractivity contribution is 5.60. The first-order chi connectivity index (χ1) is 5.02. The average molecular weight is 159 g/mol. The fourth-order valence-corrected chi connectivity index (χ4v) is 0.433. The van der Waals surface area contributed by atoms with Gasteiger partial charge < -0.3 is 9.47 Å². The van der Waals surface area contributed by atoms with Gasteiger partial charge in [0.15, 0.2) is 0 Å². The third-order valence-corrected chi connectivity index (χ3v) is 0.832. The average Bonchev–Trinajstić information content (AvgIpc) is 1.82. The summed E-state index contributed by atoms with van der Waals surface area (Å²) >= 11 is 0. The Labute approximate surface area is 67.7 Å². The van der Waals surface area contributed by atoms with E-state index in [-0.39, 0.29) is 6.10 Å². The van der Waals surface area contributed by atoms with Crippen molar-refractivity contribution in [1.82, 2.24) is 0 Å². The van der Waals surface area contributed by atoms with Gasteiger partial charge in [0.25, 0.3) is 0 Å².